The number of rotatable bonds is 5. The number of para-hydroxylation sites is 3. The lowest BCUT2D eigenvalue weighted by Gasteiger charge is -2.33. The van der Waals surface area contributed by atoms with Crippen molar-refractivity contribution in [2.24, 2.45) is 0 Å². The van der Waals surface area contributed by atoms with Gasteiger partial charge in [0, 0.05) is 6.07 Å². The Morgan fingerprint density at radius 3 is 2.63 bits per heavy atom. The van der Waals surface area contributed by atoms with Gasteiger partial charge in [-0.15, -0.1) is 0 Å². The molecule has 0 fully saturated rings. The van der Waals surface area contributed by atoms with Crippen LogP contribution in [0.25, 0.3) is 0 Å². The molecule has 0 N–H and O–H groups in total. The number of fused-ring (bicyclic) bond motifs is 1. The summed E-state index contributed by atoms with van der Waals surface area (Å²) in [6, 6.07) is 15.9. The number of hydrogen-bond acceptors (Lipinski definition) is 7. The van der Waals surface area contributed by atoms with E-state index >= 15 is 0 Å². The van der Waals surface area contributed by atoms with Crippen molar-refractivity contribution in [1.29, 1.82) is 0 Å². The smallest absolute Gasteiger partial charge is 0.349 e. The van der Waals surface area contributed by atoms with Gasteiger partial charge in [0.15, 0.2) is 5.76 Å². The second kappa shape index (κ2) is 8.08. The molecular weight excluding hydrogens is 392 g/mol. The molecular formula is C21H16N2O7. The van der Waals surface area contributed by atoms with Crippen molar-refractivity contribution >= 4 is 23.3 Å². The minimum Gasteiger partial charge on any atom is -0.475 e. The monoisotopic (exact) mass is 408 g/mol. The third-order valence-corrected chi connectivity index (χ3v) is 4.57. The van der Waals surface area contributed by atoms with E-state index in [2.05, 4.69) is 0 Å². The molecule has 1 aliphatic rings. The number of nitro benzene ring substituents is 1. The average molecular weight is 408 g/mol. The van der Waals surface area contributed by atoms with Crippen LogP contribution in [0.1, 0.15) is 16.1 Å². The second-order valence-corrected chi connectivity index (χ2v) is 6.46. The molecule has 3 aromatic rings. The summed E-state index contributed by atoms with van der Waals surface area (Å²) in [5.74, 6) is -0.692. The fourth-order valence-corrected chi connectivity index (χ4v) is 3.14. The van der Waals surface area contributed by atoms with Crippen LogP contribution in [0.2, 0.25) is 0 Å². The number of esters is 1. The highest BCUT2D eigenvalue weighted by molar-refractivity contribution is 6.06. The van der Waals surface area contributed by atoms with Crippen molar-refractivity contribution in [2.75, 3.05) is 11.4 Å². The Balaban J connectivity index is 1.53. The van der Waals surface area contributed by atoms with E-state index in [0.717, 1.165) is 0 Å². The van der Waals surface area contributed by atoms with E-state index in [9.17, 15) is 19.7 Å². The molecule has 0 saturated carbocycles. The van der Waals surface area contributed by atoms with Gasteiger partial charge in [0.05, 0.1) is 29.0 Å². The molecule has 0 saturated heterocycles. The number of nitro groups is 1. The maximum Gasteiger partial charge on any atom is 0.349 e. The first-order valence-electron chi connectivity index (χ1n) is 9.04. The number of carbonyl (C=O) groups excluding carboxylic acids is 2. The highest BCUT2D eigenvalue weighted by Crippen LogP contribution is 2.34. The van der Waals surface area contributed by atoms with Gasteiger partial charge in [-0.2, -0.15) is 0 Å². The Kier molecular flexibility index (Phi) is 5.17. The molecule has 9 heteroatoms. The number of amides is 1. The van der Waals surface area contributed by atoms with Gasteiger partial charge in [-0.1, -0.05) is 24.3 Å². The quantitative estimate of drug-likeness (QED) is 0.361. The van der Waals surface area contributed by atoms with E-state index in [4.69, 9.17) is 13.9 Å². The predicted octanol–water partition coefficient (Wildman–Crippen LogP) is 3.34. The van der Waals surface area contributed by atoms with Crippen LogP contribution in [0.15, 0.2) is 71.3 Å². The fourth-order valence-electron chi connectivity index (χ4n) is 3.14. The first kappa shape index (κ1) is 19.2. The predicted molar refractivity (Wildman–Crippen MR) is 104 cm³/mol. The molecule has 0 unspecified atom stereocenters. The molecule has 2 aromatic carbocycles. The first-order chi connectivity index (χ1) is 14.5. The van der Waals surface area contributed by atoms with Crippen LogP contribution in [0.3, 0.4) is 0 Å². The number of carbonyl (C=O) groups is 2. The van der Waals surface area contributed by atoms with Crippen molar-refractivity contribution in [3.05, 3.63) is 88.4 Å². The molecule has 1 aromatic heterocycles. The van der Waals surface area contributed by atoms with Crippen LogP contribution in [0.5, 0.6) is 5.75 Å². The van der Waals surface area contributed by atoms with Crippen LogP contribution >= 0.6 is 0 Å². The average Bonchev–Trinajstić information content (AvgIpc) is 3.31. The molecule has 0 aliphatic carbocycles. The van der Waals surface area contributed by atoms with Crippen LogP contribution in [0, 0.1) is 10.1 Å². The van der Waals surface area contributed by atoms with Crippen molar-refractivity contribution in [3.8, 4) is 5.75 Å². The molecule has 4 rings (SSSR count). The van der Waals surface area contributed by atoms with Gasteiger partial charge < -0.3 is 13.9 Å². The normalized spacial score (nSPS) is 15.1. The van der Waals surface area contributed by atoms with E-state index in [0.29, 0.717) is 11.4 Å². The van der Waals surface area contributed by atoms with Crippen molar-refractivity contribution in [2.45, 2.75) is 12.7 Å². The van der Waals surface area contributed by atoms with Crippen molar-refractivity contribution in [1.82, 2.24) is 0 Å². The number of hydrogen-bond donors (Lipinski definition) is 0. The zero-order chi connectivity index (χ0) is 21.1. The van der Waals surface area contributed by atoms with Crippen molar-refractivity contribution < 1.29 is 28.4 Å². The number of ether oxygens (including phenoxy) is 2. The molecule has 152 valence electrons. The zero-order valence-electron chi connectivity index (χ0n) is 15.6. The van der Waals surface area contributed by atoms with Crippen molar-refractivity contribution in [3.63, 3.8) is 0 Å². The Hall–Kier alpha value is -4.14. The Bertz CT molecular complexity index is 1090. The first-order valence-corrected chi connectivity index (χ1v) is 9.04. The lowest BCUT2D eigenvalue weighted by atomic mass is 10.1. The van der Waals surface area contributed by atoms with Gasteiger partial charge >= 0.3 is 5.97 Å². The summed E-state index contributed by atoms with van der Waals surface area (Å²) in [5.41, 5.74) is 0.618. The summed E-state index contributed by atoms with van der Waals surface area (Å²) in [6.45, 7) is -0.379. The summed E-state index contributed by atoms with van der Waals surface area (Å²) in [5, 5.41) is 11.1. The molecule has 1 aliphatic heterocycles. The minimum atomic E-state index is -1.10. The summed E-state index contributed by atoms with van der Waals surface area (Å²) < 4.78 is 16.2. The lowest BCUT2D eigenvalue weighted by Crippen LogP contribution is -2.47. The molecule has 1 amide bonds. The molecule has 0 bridgehead atoms. The summed E-state index contributed by atoms with van der Waals surface area (Å²) in [4.78, 5) is 37.4. The molecule has 30 heavy (non-hydrogen) atoms. The second-order valence-electron chi connectivity index (χ2n) is 6.46. The maximum atomic E-state index is 12.8. The van der Waals surface area contributed by atoms with Crippen LogP contribution in [-0.2, 0) is 16.1 Å². The Labute approximate surface area is 170 Å². The molecule has 0 spiro atoms. The van der Waals surface area contributed by atoms with Crippen LogP contribution in [0.4, 0.5) is 11.4 Å². The third kappa shape index (κ3) is 3.72. The standard InChI is InChI=1S/C21H16N2O7/c24-20(18-10-5-11-28-18)22-12-19(30-17-9-4-3-8-16(17)22)21(25)29-13-14-6-1-2-7-15(14)23(26)27/h1-11,19H,12-13H2/t19-/m0/s1. The SMILES string of the molecule is O=C(OCc1ccccc1[N+](=O)[O-])[C@@H]1CN(C(=O)c2ccco2)c2ccccc2O1. The van der Waals surface area contributed by atoms with E-state index in [1.165, 1.54) is 35.4 Å². The summed E-state index contributed by atoms with van der Waals surface area (Å²) in [7, 11) is 0. The van der Waals surface area contributed by atoms with Gasteiger partial charge in [0.2, 0.25) is 6.10 Å². The summed E-state index contributed by atoms with van der Waals surface area (Å²) in [6.07, 6.45) is 0.291. The van der Waals surface area contributed by atoms with E-state index in [-0.39, 0.29) is 30.2 Å². The third-order valence-electron chi connectivity index (χ3n) is 4.57. The van der Waals surface area contributed by atoms with Gasteiger partial charge in [0.1, 0.15) is 12.4 Å². The molecule has 9 nitrogen and oxygen atoms in total. The van der Waals surface area contributed by atoms with Gasteiger partial charge in [-0.25, -0.2) is 4.79 Å². The molecule has 2 heterocycles. The van der Waals surface area contributed by atoms with Gasteiger partial charge in [-0.05, 0) is 30.3 Å². The van der Waals surface area contributed by atoms with E-state index < -0.39 is 22.9 Å². The fraction of sp³-hybridized carbons (Fsp3) is 0.143. The van der Waals surface area contributed by atoms with Crippen LogP contribution in [-0.4, -0.2) is 29.4 Å². The molecule has 0 radical (unpaired) electrons. The minimum absolute atomic E-state index is 0.0910. The topological polar surface area (TPSA) is 112 Å². The number of benzene rings is 2. The van der Waals surface area contributed by atoms with Crippen LogP contribution < -0.4 is 9.64 Å². The van der Waals surface area contributed by atoms with Gasteiger partial charge in [0.25, 0.3) is 11.6 Å². The van der Waals surface area contributed by atoms with E-state index in [1.54, 1.807) is 36.4 Å². The number of furan rings is 1. The highest BCUT2D eigenvalue weighted by Gasteiger charge is 2.36. The number of nitrogens with zero attached hydrogens (tertiary/aromatic N) is 2. The zero-order valence-corrected chi connectivity index (χ0v) is 15.6. The van der Waals surface area contributed by atoms with Gasteiger partial charge in [-0.3, -0.25) is 19.8 Å². The highest BCUT2D eigenvalue weighted by atomic mass is 16.6. The Morgan fingerprint density at radius 1 is 1.10 bits per heavy atom. The lowest BCUT2D eigenvalue weighted by molar-refractivity contribution is -0.385. The maximum absolute atomic E-state index is 12.8. The summed E-state index contributed by atoms with van der Waals surface area (Å²) >= 11 is 0. The van der Waals surface area contributed by atoms with E-state index in [1.807, 2.05) is 0 Å². The Morgan fingerprint density at radius 2 is 1.87 bits per heavy atom. The molecule has 1 atom stereocenters. The number of anilines is 1. The largest absolute Gasteiger partial charge is 0.475 e.